The molecule has 2 aliphatic carbocycles. The lowest BCUT2D eigenvalue weighted by molar-refractivity contribution is -0.169. The van der Waals surface area contributed by atoms with Crippen molar-refractivity contribution in [2.75, 3.05) is 0 Å². The summed E-state index contributed by atoms with van der Waals surface area (Å²) in [5, 5.41) is 0. The van der Waals surface area contributed by atoms with Gasteiger partial charge in [0, 0.05) is 0 Å². The molecule has 0 radical (unpaired) electrons. The second-order valence-electron chi connectivity index (χ2n) is 8.93. The Bertz CT molecular complexity index is 376. The molecule has 0 N–H and O–H groups in total. The van der Waals surface area contributed by atoms with Crippen molar-refractivity contribution in [3.63, 3.8) is 0 Å². The second-order valence-corrected chi connectivity index (χ2v) is 8.93. The van der Waals surface area contributed by atoms with Crippen LogP contribution in [0.15, 0.2) is 0 Å². The average Bonchev–Trinajstić information content (AvgIpc) is 2.63. The minimum Gasteiger partial charge on any atom is -0.462 e. The average molecular weight is 351 g/mol. The number of ether oxygens (including phenoxy) is 1. The fraction of sp³-hybridized carbons (Fsp3) is 0.957. The topological polar surface area (TPSA) is 26.3 Å². The molecule has 0 spiro atoms. The molecule has 2 fully saturated rings. The van der Waals surface area contributed by atoms with Crippen molar-refractivity contribution in [3.05, 3.63) is 0 Å². The predicted octanol–water partition coefficient (Wildman–Crippen LogP) is 7.06. The van der Waals surface area contributed by atoms with E-state index in [0.29, 0.717) is 5.92 Å². The highest BCUT2D eigenvalue weighted by Gasteiger charge is 2.48. The van der Waals surface area contributed by atoms with Gasteiger partial charge in [-0.3, -0.25) is 4.79 Å². The largest absolute Gasteiger partial charge is 0.462 e. The molecular formula is C23H42O2. The lowest BCUT2D eigenvalue weighted by Gasteiger charge is -2.45. The first-order valence-electron chi connectivity index (χ1n) is 11.3. The van der Waals surface area contributed by atoms with Gasteiger partial charge in [-0.25, -0.2) is 0 Å². The third-order valence-corrected chi connectivity index (χ3v) is 7.00. The fourth-order valence-electron chi connectivity index (χ4n) is 5.41. The highest BCUT2D eigenvalue weighted by molar-refractivity contribution is 5.77. The smallest absolute Gasteiger partial charge is 0.312 e. The molecule has 2 aliphatic rings. The molecule has 2 nitrogen and oxygen atoms in total. The van der Waals surface area contributed by atoms with Crippen LogP contribution in [0, 0.1) is 17.3 Å². The van der Waals surface area contributed by atoms with Crippen molar-refractivity contribution in [1.82, 2.24) is 0 Å². The number of rotatable bonds is 9. The van der Waals surface area contributed by atoms with Gasteiger partial charge in [-0.1, -0.05) is 78.1 Å². The molecule has 0 aromatic heterocycles. The van der Waals surface area contributed by atoms with Crippen LogP contribution in [-0.2, 0) is 9.53 Å². The third kappa shape index (κ3) is 5.73. The molecule has 0 heterocycles. The Labute approximate surface area is 156 Å². The predicted molar refractivity (Wildman–Crippen MR) is 106 cm³/mol. The summed E-state index contributed by atoms with van der Waals surface area (Å²) in [5.74, 6) is 1.65. The van der Waals surface area contributed by atoms with Crippen LogP contribution >= 0.6 is 0 Å². The highest BCUT2D eigenvalue weighted by Crippen LogP contribution is 2.50. The summed E-state index contributed by atoms with van der Waals surface area (Å²) < 4.78 is 5.95. The van der Waals surface area contributed by atoms with E-state index >= 15 is 0 Å². The van der Waals surface area contributed by atoms with Gasteiger partial charge < -0.3 is 4.74 Å². The molecule has 1 unspecified atom stereocenters. The Balaban J connectivity index is 1.94. The quantitative estimate of drug-likeness (QED) is 0.329. The van der Waals surface area contributed by atoms with Gasteiger partial charge in [0.25, 0.3) is 0 Å². The molecule has 0 aliphatic heterocycles. The van der Waals surface area contributed by atoms with Gasteiger partial charge in [0.2, 0.25) is 0 Å². The zero-order valence-electron chi connectivity index (χ0n) is 17.2. The SMILES string of the molecule is CCCCCC1CCC(C2(C(=O)OC(C)CCC)CCCCC2)CC1. The molecule has 146 valence electrons. The van der Waals surface area contributed by atoms with Crippen molar-refractivity contribution >= 4 is 5.97 Å². The third-order valence-electron chi connectivity index (χ3n) is 7.00. The molecule has 0 saturated heterocycles. The maximum atomic E-state index is 13.2. The maximum Gasteiger partial charge on any atom is 0.312 e. The second kappa shape index (κ2) is 10.6. The standard InChI is InChI=1S/C23H42O2/c1-4-6-8-12-20-13-15-21(16-14-20)23(17-9-7-10-18-23)22(24)25-19(3)11-5-2/h19-21H,4-18H2,1-3H3. The zero-order chi connectivity index (χ0) is 18.1. The van der Waals surface area contributed by atoms with Crippen LogP contribution in [0.5, 0.6) is 0 Å². The van der Waals surface area contributed by atoms with E-state index in [0.717, 1.165) is 31.6 Å². The van der Waals surface area contributed by atoms with Crippen molar-refractivity contribution in [2.24, 2.45) is 17.3 Å². The van der Waals surface area contributed by atoms with Crippen LogP contribution in [0.2, 0.25) is 0 Å². The summed E-state index contributed by atoms with van der Waals surface area (Å²) in [6, 6.07) is 0. The number of hydrogen-bond donors (Lipinski definition) is 0. The molecule has 0 bridgehead atoms. The van der Waals surface area contributed by atoms with Crippen LogP contribution in [0.4, 0.5) is 0 Å². The van der Waals surface area contributed by atoms with E-state index in [1.54, 1.807) is 0 Å². The van der Waals surface area contributed by atoms with Crippen molar-refractivity contribution in [3.8, 4) is 0 Å². The fourth-order valence-corrected chi connectivity index (χ4v) is 5.41. The Morgan fingerprint density at radius 3 is 2.28 bits per heavy atom. The number of carbonyl (C=O) groups is 1. The first-order valence-corrected chi connectivity index (χ1v) is 11.3. The minimum atomic E-state index is -0.144. The van der Waals surface area contributed by atoms with Gasteiger partial charge in [-0.15, -0.1) is 0 Å². The zero-order valence-corrected chi connectivity index (χ0v) is 17.2. The van der Waals surface area contributed by atoms with Crippen LogP contribution < -0.4 is 0 Å². The number of unbranched alkanes of at least 4 members (excludes halogenated alkanes) is 2. The summed E-state index contributed by atoms with van der Waals surface area (Å²) in [5.41, 5.74) is -0.144. The Hall–Kier alpha value is -0.530. The number of esters is 1. The van der Waals surface area contributed by atoms with Crippen molar-refractivity contribution < 1.29 is 9.53 Å². The van der Waals surface area contributed by atoms with E-state index in [4.69, 9.17) is 4.74 Å². The van der Waals surface area contributed by atoms with Gasteiger partial charge in [-0.05, 0) is 50.9 Å². The molecule has 0 amide bonds. The van der Waals surface area contributed by atoms with Gasteiger partial charge in [0.15, 0.2) is 0 Å². The van der Waals surface area contributed by atoms with Crippen LogP contribution in [0.25, 0.3) is 0 Å². The van der Waals surface area contributed by atoms with E-state index in [2.05, 4.69) is 20.8 Å². The highest BCUT2D eigenvalue weighted by atomic mass is 16.5. The Morgan fingerprint density at radius 2 is 1.68 bits per heavy atom. The van der Waals surface area contributed by atoms with E-state index in [9.17, 15) is 4.79 Å². The van der Waals surface area contributed by atoms with Gasteiger partial charge in [0.1, 0.15) is 0 Å². The van der Waals surface area contributed by atoms with E-state index in [1.165, 1.54) is 70.6 Å². The Kier molecular flexibility index (Phi) is 8.79. The molecule has 25 heavy (non-hydrogen) atoms. The lowest BCUT2D eigenvalue weighted by Crippen LogP contribution is -2.44. The van der Waals surface area contributed by atoms with Crippen molar-refractivity contribution in [2.45, 2.75) is 123 Å². The molecule has 1 atom stereocenters. The first kappa shape index (κ1) is 20.8. The number of carbonyl (C=O) groups excluding carboxylic acids is 1. The van der Waals surface area contributed by atoms with Gasteiger partial charge in [0.05, 0.1) is 11.5 Å². The lowest BCUT2D eigenvalue weighted by atomic mass is 9.60. The molecule has 0 aromatic rings. The molecular weight excluding hydrogens is 308 g/mol. The summed E-state index contributed by atoms with van der Waals surface area (Å²) in [6.45, 7) is 6.53. The number of hydrogen-bond acceptors (Lipinski definition) is 2. The first-order chi connectivity index (χ1) is 12.1. The molecule has 2 heteroatoms. The summed E-state index contributed by atoms with van der Waals surface area (Å²) >= 11 is 0. The van der Waals surface area contributed by atoms with Crippen LogP contribution in [0.1, 0.15) is 117 Å². The molecule has 2 saturated carbocycles. The van der Waals surface area contributed by atoms with E-state index in [1.807, 2.05) is 0 Å². The van der Waals surface area contributed by atoms with E-state index in [-0.39, 0.29) is 17.5 Å². The molecule has 0 aromatic carbocycles. The van der Waals surface area contributed by atoms with E-state index < -0.39 is 0 Å². The Morgan fingerprint density at radius 1 is 1.00 bits per heavy atom. The summed E-state index contributed by atoms with van der Waals surface area (Å²) in [6.07, 6.45) is 18.8. The van der Waals surface area contributed by atoms with Gasteiger partial charge in [-0.2, -0.15) is 0 Å². The van der Waals surface area contributed by atoms with Gasteiger partial charge >= 0.3 is 5.97 Å². The summed E-state index contributed by atoms with van der Waals surface area (Å²) in [7, 11) is 0. The van der Waals surface area contributed by atoms with Crippen LogP contribution in [-0.4, -0.2) is 12.1 Å². The molecule has 2 rings (SSSR count). The minimum absolute atomic E-state index is 0.0849. The monoisotopic (exact) mass is 350 g/mol. The van der Waals surface area contributed by atoms with Crippen molar-refractivity contribution in [1.29, 1.82) is 0 Å². The maximum absolute atomic E-state index is 13.2. The van der Waals surface area contributed by atoms with Crippen LogP contribution in [0.3, 0.4) is 0 Å². The normalized spacial score (nSPS) is 27.6. The summed E-state index contributed by atoms with van der Waals surface area (Å²) in [4.78, 5) is 13.2.